The molecular weight excluding hydrogens is 274 g/mol. The Kier molecular flexibility index (Phi) is 4.61. The van der Waals surface area contributed by atoms with Crippen LogP contribution in [-0.4, -0.2) is 19.0 Å². The van der Waals surface area contributed by atoms with Crippen molar-refractivity contribution >= 4 is 5.91 Å². The zero-order valence-electron chi connectivity index (χ0n) is 12.7. The van der Waals surface area contributed by atoms with Gasteiger partial charge in [-0.2, -0.15) is 0 Å². The zero-order valence-corrected chi connectivity index (χ0v) is 12.7. The van der Waals surface area contributed by atoms with Crippen molar-refractivity contribution < 1.29 is 13.6 Å². The Morgan fingerprint density at radius 1 is 1.33 bits per heavy atom. The highest BCUT2D eigenvalue weighted by molar-refractivity contribution is 5.84. The SMILES string of the molecule is CC(NC(=O)C1(C(C)C)CCNC1)c1ccc(F)cc1F. The van der Waals surface area contributed by atoms with E-state index in [1.807, 2.05) is 13.8 Å². The first-order valence-electron chi connectivity index (χ1n) is 7.33. The van der Waals surface area contributed by atoms with Gasteiger partial charge in [0.15, 0.2) is 0 Å². The van der Waals surface area contributed by atoms with E-state index in [9.17, 15) is 13.6 Å². The fraction of sp³-hybridized carbons (Fsp3) is 0.562. The number of hydrogen-bond donors (Lipinski definition) is 2. The largest absolute Gasteiger partial charge is 0.349 e. The van der Waals surface area contributed by atoms with Gasteiger partial charge in [0, 0.05) is 18.2 Å². The number of amides is 1. The van der Waals surface area contributed by atoms with Gasteiger partial charge >= 0.3 is 0 Å². The first kappa shape index (κ1) is 15.9. The number of nitrogens with one attached hydrogen (secondary N) is 2. The van der Waals surface area contributed by atoms with Crippen LogP contribution in [0.2, 0.25) is 0 Å². The Bertz CT molecular complexity index is 525. The quantitative estimate of drug-likeness (QED) is 0.897. The molecule has 1 aromatic carbocycles. The Hall–Kier alpha value is -1.49. The first-order chi connectivity index (χ1) is 9.86. The molecule has 1 saturated heterocycles. The summed E-state index contributed by atoms with van der Waals surface area (Å²) in [5.41, 5.74) is -0.153. The molecule has 0 bridgehead atoms. The zero-order chi connectivity index (χ0) is 15.6. The summed E-state index contributed by atoms with van der Waals surface area (Å²) >= 11 is 0. The molecule has 3 nitrogen and oxygen atoms in total. The van der Waals surface area contributed by atoms with E-state index in [4.69, 9.17) is 0 Å². The van der Waals surface area contributed by atoms with Gasteiger partial charge in [-0.25, -0.2) is 8.78 Å². The lowest BCUT2D eigenvalue weighted by Gasteiger charge is -2.32. The molecule has 0 saturated carbocycles. The molecule has 2 N–H and O–H groups in total. The minimum Gasteiger partial charge on any atom is -0.349 e. The second kappa shape index (κ2) is 6.10. The molecular formula is C16H22F2N2O. The average Bonchev–Trinajstić information content (AvgIpc) is 2.88. The predicted molar refractivity (Wildman–Crippen MR) is 77.7 cm³/mol. The molecule has 1 aliphatic heterocycles. The standard InChI is InChI=1S/C16H22F2N2O/c1-10(2)16(6-7-19-9-16)15(21)20-11(3)13-5-4-12(17)8-14(13)18/h4-5,8,10-11,19H,6-7,9H2,1-3H3,(H,20,21). The highest BCUT2D eigenvalue weighted by Gasteiger charge is 2.44. The van der Waals surface area contributed by atoms with Crippen molar-refractivity contribution in [3.63, 3.8) is 0 Å². The van der Waals surface area contributed by atoms with Gasteiger partial charge in [0.05, 0.1) is 11.5 Å². The molecule has 2 atom stereocenters. The fourth-order valence-electron chi connectivity index (χ4n) is 2.93. The molecule has 1 aliphatic rings. The van der Waals surface area contributed by atoms with Crippen LogP contribution in [0.4, 0.5) is 8.78 Å². The van der Waals surface area contributed by atoms with Crippen molar-refractivity contribution in [2.24, 2.45) is 11.3 Å². The molecule has 2 rings (SSSR count). The third-order valence-corrected chi connectivity index (χ3v) is 4.52. The van der Waals surface area contributed by atoms with Crippen molar-refractivity contribution in [2.45, 2.75) is 33.2 Å². The molecule has 2 unspecified atom stereocenters. The topological polar surface area (TPSA) is 41.1 Å². The van der Waals surface area contributed by atoms with E-state index >= 15 is 0 Å². The van der Waals surface area contributed by atoms with Crippen LogP contribution < -0.4 is 10.6 Å². The molecule has 1 heterocycles. The minimum absolute atomic E-state index is 0.0706. The van der Waals surface area contributed by atoms with E-state index in [0.29, 0.717) is 12.1 Å². The molecule has 5 heteroatoms. The van der Waals surface area contributed by atoms with Gasteiger partial charge in [-0.3, -0.25) is 4.79 Å². The molecule has 1 fully saturated rings. The molecule has 0 aliphatic carbocycles. The summed E-state index contributed by atoms with van der Waals surface area (Å²) in [6.45, 7) is 7.20. The Morgan fingerprint density at radius 3 is 2.57 bits per heavy atom. The van der Waals surface area contributed by atoms with Crippen LogP contribution in [0.5, 0.6) is 0 Å². The third-order valence-electron chi connectivity index (χ3n) is 4.52. The molecule has 0 spiro atoms. The van der Waals surface area contributed by atoms with E-state index in [1.54, 1.807) is 6.92 Å². The number of benzene rings is 1. The Balaban J connectivity index is 2.15. The van der Waals surface area contributed by atoms with Gasteiger partial charge in [0.1, 0.15) is 11.6 Å². The van der Waals surface area contributed by atoms with E-state index < -0.39 is 23.1 Å². The predicted octanol–water partition coefficient (Wildman–Crippen LogP) is 2.78. The molecule has 1 aromatic rings. The Labute approximate surface area is 124 Å². The van der Waals surface area contributed by atoms with Crippen molar-refractivity contribution in [3.8, 4) is 0 Å². The summed E-state index contributed by atoms with van der Waals surface area (Å²) in [6, 6.07) is 2.93. The van der Waals surface area contributed by atoms with E-state index in [2.05, 4.69) is 10.6 Å². The summed E-state index contributed by atoms with van der Waals surface area (Å²) < 4.78 is 26.7. The van der Waals surface area contributed by atoms with Crippen LogP contribution in [0.1, 0.15) is 38.8 Å². The lowest BCUT2D eigenvalue weighted by Crippen LogP contribution is -2.46. The lowest BCUT2D eigenvalue weighted by molar-refractivity contribution is -0.133. The van der Waals surface area contributed by atoms with Crippen molar-refractivity contribution in [3.05, 3.63) is 35.4 Å². The first-order valence-corrected chi connectivity index (χ1v) is 7.33. The summed E-state index contributed by atoms with van der Waals surface area (Å²) in [5.74, 6) is -1.13. The number of carbonyl (C=O) groups excluding carboxylic acids is 1. The van der Waals surface area contributed by atoms with E-state index in [-0.39, 0.29) is 11.8 Å². The monoisotopic (exact) mass is 296 g/mol. The summed E-state index contributed by atoms with van der Waals surface area (Å²) in [5, 5.41) is 6.10. The van der Waals surface area contributed by atoms with Gasteiger partial charge < -0.3 is 10.6 Å². The van der Waals surface area contributed by atoms with Crippen LogP contribution in [0.15, 0.2) is 18.2 Å². The maximum absolute atomic E-state index is 13.8. The lowest BCUT2D eigenvalue weighted by atomic mass is 9.75. The summed E-state index contributed by atoms with van der Waals surface area (Å²) in [7, 11) is 0. The molecule has 116 valence electrons. The van der Waals surface area contributed by atoms with Gasteiger partial charge in [-0.15, -0.1) is 0 Å². The molecule has 21 heavy (non-hydrogen) atoms. The highest BCUT2D eigenvalue weighted by atomic mass is 19.1. The van der Waals surface area contributed by atoms with Gasteiger partial charge in [0.25, 0.3) is 0 Å². The van der Waals surface area contributed by atoms with Gasteiger partial charge in [0.2, 0.25) is 5.91 Å². The number of hydrogen-bond acceptors (Lipinski definition) is 2. The van der Waals surface area contributed by atoms with Crippen LogP contribution >= 0.6 is 0 Å². The average molecular weight is 296 g/mol. The van der Waals surface area contributed by atoms with Crippen molar-refractivity contribution in [1.82, 2.24) is 10.6 Å². The van der Waals surface area contributed by atoms with Crippen LogP contribution in [0.3, 0.4) is 0 Å². The maximum atomic E-state index is 13.8. The fourth-order valence-corrected chi connectivity index (χ4v) is 2.93. The number of carbonyl (C=O) groups is 1. The van der Waals surface area contributed by atoms with E-state index in [1.165, 1.54) is 12.1 Å². The summed E-state index contributed by atoms with van der Waals surface area (Å²) in [6.07, 6.45) is 0.773. The highest BCUT2D eigenvalue weighted by Crippen LogP contribution is 2.35. The Morgan fingerprint density at radius 2 is 2.05 bits per heavy atom. The van der Waals surface area contributed by atoms with Gasteiger partial charge in [-0.1, -0.05) is 19.9 Å². The van der Waals surface area contributed by atoms with Crippen molar-refractivity contribution in [1.29, 1.82) is 0 Å². The second-order valence-corrected chi connectivity index (χ2v) is 6.10. The number of rotatable bonds is 4. The minimum atomic E-state index is -0.633. The third kappa shape index (κ3) is 3.07. The second-order valence-electron chi connectivity index (χ2n) is 6.10. The number of halogens is 2. The molecule has 1 amide bonds. The summed E-state index contributed by atoms with van der Waals surface area (Å²) in [4.78, 5) is 12.6. The maximum Gasteiger partial charge on any atom is 0.228 e. The van der Waals surface area contributed by atoms with Gasteiger partial charge in [-0.05, 0) is 31.9 Å². The van der Waals surface area contributed by atoms with Crippen LogP contribution in [0, 0.1) is 23.0 Å². The van der Waals surface area contributed by atoms with Crippen molar-refractivity contribution in [2.75, 3.05) is 13.1 Å². The smallest absolute Gasteiger partial charge is 0.228 e. The van der Waals surface area contributed by atoms with Crippen LogP contribution in [0.25, 0.3) is 0 Å². The molecule has 0 radical (unpaired) electrons. The molecule has 0 aromatic heterocycles. The van der Waals surface area contributed by atoms with E-state index in [0.717, 1.165) is 19.0 Å². The normalized spacial score (nSPS) is 23.3. The van der Waals surface area contributed by atoms with Crippen LogP contribution in [-0.2, 0) is 4.79 Å².